The van der Waals surface area contributed by atoms with Gasteiger partial charge < -0.3 is 9.53 Å². The fourth-order valence-corrected chi connectivity index (χ4v) is 1.29. The van der Waals surface area contributed by atoms with Crippen LogP contribution in [-0.4, -0.2) is 12.9 Å². The Morgan fingerprint density at radius 2 is 1.93 bits per heavy atom. The van der Waals surface area contributed by atoms with Crippen molar-refractivity contribution in [3.05, 3.63) is 30.3 Å². The molecule has 1 aromatic carbocycles. The highest BCUT2D eigenvalue weighted by Crippen LogP contribution is 2.19. The summed E-state index contributed by atoms with van der Waals surface area (Å²) in [6, 6.07) is 9.73. The highest BCUT2D eigenvalue weighted by atomic mass is 16.5. The van der Waals surface area contributed by atoms with Crippen molar-refractivity contribution < 1.29 is 9.53 Å². The second-order valence-electron chi connectivity index (χ2n) is 4.37. The summed E-state index contributed by atoms with van der Waals surface area (Å²) in [4.78, 5) is 10.6. The van der Waals surface area contributed by atoms with Crippen LogP contribution in [0.15, 0.2) is 30.3 Å². The summed E-state index contributed by atoms with van der Waals surface area (Å²) in [7, 11) is 0. The largest absolute Gasteiger partial charge is 0.494 e. The van der Waals surface area contributed by atoms with Crippen molar-refractivity contribution in [3.63, 3.8) is 0 Å². The maximum Gasteiger partial charge on any atom is 0.125 e. The fourth-order valence-electron chi connectivity index (χ4n) is 1.29. The summed E-state index contributed by atoms with van der Waals surface area (Å²) in [5.41, 5.74) is -0.222. The van der Waals surface area contributed by atoms with Crippen molar-refractivity contribution >= 4 is 6.29 Å². The van der Waals surface area contributed by atoms with E-state index in [1.807, 2.05) is 44.2 Å². The number of rotatable bonds is 6. The molecule has 0 aromatic heterocycles. The normalized spacial score (nSPS) is 11.1. The number of benzene rings is 1. The molecule has 2 nitrogen and oxygen atoms in total. The first-order chi connectivity index (χ1) is 7.14. The van der Waals surface area contributed by atoms with Gasteiger partial charge in [-0.25, -0.2) is 0 Å². The zero-order chi connectivity index (χ0) is 11.1. The van der Waals surface area contributed by atoms with Gasteiger partial charge in [-0.2, -0.15) is 0 Å². The van der Waals surface area contributed by atoms with Gasteiger partial charge in [0.15, 0.2) is 0 Å². The van der Waals surface area contributed by atoms with E-state index in [1.165, 1.54) is 0 Å². The van der Waals surface area contributed by atoms with E-state index in [0.29, 0.717) is 6.61 Å². The number of carbonyl (C=O) groups excluding carboxylic acids is 1. The molecule has 0 unspecified atom stereocenters. The van der Waals surface area contributed by atoms with E-state index in [9.17, 15) is 4.79 Å². The maximum absolute atomic E-state index is 10.6. The van der Waals surface area contributed by atoms with E-state index in [1.54, 1.807) is 0 Å². The minimum atomic E-state index is -0.222. The average Bonchev–Trinajstić information content (AvgIpc) is 2.26. The Balaban J connectivity index is 2.20. The molecule has 0 atom stereocenters. The van der Waals surface area contributed by atoms with Gasteiger partial charge in [-0.1, -0.05) is 32.0 Å². The van der Waals surface area contributed by atoms with Crippen LogP contribution in [0.1, 0.15) is 26.7 Å². The van der Waals surface area contributed by atoms with E-state index in [4.69, 9.17) is 4.74 Å². The lowest BCUT2D eigenvalue weighted by atomic mass is 9.90. The van der Waals surface area contributed by atoms with Gasteiger partial charge in [0.1, 0.15) is 12.0 Å². The molecule has 1 rings (SSSR count). The molecule has 0 aliphatic carbocycles. The van der Waals surface area contributed by atoms with Crippen LogP contribution in [0.4, 0.5) is 0 Å². The molecule has 0 aliphatic heterocycles. The van der Waals surface area contributed by atoms with Gasteiger partial charge in [-0.05, 0) is 25.0 Å². The molecule has 0 bridgehead atoms. The predicted molar refractivity (Wildman–Crippen MR) is 61.0 cm³/mol. The lowest BCUT2D eigenvalue weighted by Gasteiger charge is -2.16. The van der Waals surface area contributed by atoms with Gasteiger partial charge in [0.25, 0.3) is 0 Å². The van der Waals surface area contributed by atoms with Gasteiger partial charge in [-0.15, -0.1) is 0 Å². The van der Waals surface area contributed by atoms with Gasteiger partial charge in [0, 0.05) is 5.41 Å². The van der Waals surface area contributed by atoms with Crippen LogP contribution in [0.2, 0.25) is 0 Å². The van der Waals surface area contributed by atoms with Crippen molar-refractivity contribution in [3.8, 4) is 5.75 Å². The number of ether oxygens (including phenoxy) is 1. The number of aldehydes is 1. The second-order valence-corrected chi connectivity index (χ2v) is 4.37. The van der Waals surface area contributed by atoms with Crippen molar-refractivity contribution in [1.29, 1.82) is 0 Å². The van der Waals surface area contributed by atoms with Gasteiger partial charge in [0.05, 0.1) is 6.61 Å². The van der Waals surface area contributed by atoms with Crippen LogP contribution < -0.4 is 4.74 Å². The van der Waals surface area contributed by atoms with Crippen molar-refractivity contribution in [2.24, 2.45) is 5.41 Å². The smallest absolute Gasteiger partial charge is 0.125 e. The minimum Gasteiger partial charge on any atom is -0.494 e. The van der Waals surface area contributed by atoms with Crippen LogP contribution in [0, 0.1) is 5.41 Å². The van der Waals surface area contributed by atoms with Crippen molar-refractivity contribution in [1.82, 2.24) is 0 Å². The van der Waals surface area contributed by atoms with Crippen molar-refractivity contribution in [2.75, 3.05) is 6.61 Å². The first-order valence-corrected chi connectivity index (χ1v) is 5.28. The number of hydrogen-bond donors (Lipinski definition) is 0. The third kappa shape index (κ3) is 4.63. The highest BCUT2D eigenvalue weighted by molar-refractivity contribution is 5.57. The first-order valence-electron chi connectivity index (χ1n) is 5.28. The summed E-state index contributed by atoms with van der Waals surface area (Å²) < 4.78 is 5.53. The molecule has 0 spiro atoms. The molecule has 0 aliphatic rings. The second kappa shape index (κ2) is 5.54. The molecule has 0 saturated heterocycles. The zero-order valence-electron chi connectivity index (χ0n) is 9.40. The van der Waals surface area contributed by atoms with Crippen LogP contribution >= 0.6 is 0 Å². The van der Waals surface area contributed by atoms with E-state index >= 15 is 0 Å². The third-order valence-corrected chi connectivity index (χ3v) is 2.30. The number of hydrogen-bond acceptors (Lipinski definition) is 2. The van der Waals surface area contributed by atoms with E-state index in [-0.39, 0.29) is 5.41 Å². The van der Waals surface area contributed by atoms with E-state index in [0.717, 1.165) is 24.9 Å². The molecule has 15 heavy (non-hydrogen) atoms. The molecule has 0 saturated carbocycles. The molecule has 0 fully saturated rings. The topological polar surface area (TPSA) is 26.3 Å². The Hall–Kier alpha value is -1.31. The number of para-hydroxylation sites is 1. The average molecular weight is 206 g/mol. The maximum atomic E-state index is 10.6. The molecule has 1 aromatic rings. The zero-order valence-corrected chi connectivity index (χ0v) is 9.40. The summed E-state index contributed by atoms with van der Waals surface area (Å²) in [5.74, 6) is 0.890. The summed E-state index contributed by atoms with van der Waals surface area (Å²) in [5, 5.41) is 0. The van der Waals surface area contributed by atoms with Crippen LogP contribution in [0.5, 0.6) is 5.75 Å². The minimum absolute atomic E-state index is 0.222. The van der Waals surface area contributed by atoms with Gasteiger partial charge in [-0.3, -0.25) is 0 Å². The highest BCUT2D eigenvalue weighted by Gasteiger charge is 2.15. The van der Waals surface area contributed by atoms with Crippen LogP contribution in [0.3, 0.4) is 0 Å². The van der Waals surface area contributed by atoms with Crippen LogP contribution in [0.25, 0.3) is 0 Å². The molecule has 82 valence electrons. The molecule has 0 radical (unpaired) electrons. The molecule has 0 N–H and O–H groups in total. The Kier molecular flexibility index (Phi) is 4.35. The monoisotopic (exact) mass is 206 g/mol. The lowest BCUT2D eigenvalue weighted by Crippen LogP contribution is -2.14. The molecule has 0 amide bonds. The molecular weight excluding hydrogens is 188 g/mol. The fraction of sp³-hybridized carbons (Fsp3) is 0.462. The Bertz CT molecular complexity index is 291. The summed E-state index contributed by atoms with van der Waals surface area (Å²) in [6.45, 7) is 4.56. The SMILES string of the molecule is CC(C)(C=O)CCCOc1ccccc1. The molecule has 2 heteroatoms. The van der Waals surface area contributed by atoms with Gasteiger partial charge >= 0.3 is 0 Å². The molecule has 0 heterocycles. The van der Waals surface area contributed by atoms with Crippen LogP contribution in [-0.2, 0) is 4.79 Å². The Labute approximate surface area is 91.3 Å². The third-order valence-electron chi connectivity index (χ3n) is 2.30. The van der Waals surface area contributed by atoms with Gasteiger partial charge in [0.2, 0.25) is 0 Å². The predicted octanol–water partition coefficient (Wildman–Crippen LogP) is 3.07. The van der Waals surface area contributed by atoms with E-state index in [2.05, 4.69) is 0 Å². The summed E-state index contributed by atoms with van der Waals surface area (Å²) in [6.07, 6.45) is 2.78. The Morgan fingerprint density at radius 1 is 1.27 bits per heavy atom. The van der Waals surface area contributed by atoms with Crippen molar-refractivity contribution in [2.45, 2.75) is 26.7 Å². The molecular formula is C13H18O2. The number of carbonyl (C=O) groups is 1. The quantitative estimate of drug-likeness (QED) is 0.528. The lowest BCUT2D eigenvalue weighted by molar-refractivity contribution is -0.115. The Morgan fingerprint density at radius 3 is 2.53 bits per heavy atom. The first kappa shape index (κ1) is 11.8. The van der Waals surface area contributed by atoms with E-state index < -0.39 is 0 Å². The summed E-state index contributed by atoms with van der Waals surface area (Å²) >= 11 is 0. The standard InChI is InChI=1S/C13H18O2/c1-13(2,11-14)9-6-10-15-12-7-4-3-5-8-12/h3-5,7-8,11H,6,9-10H2,1-2H3.